The van der Waals surface area contributed by atoms with Gasteiger partial charge in [-0.05, 0) is 18.2 Å². The summed E-state index contributed by atoms with van der Waals surface area (Å²) in [4.78, 5) is 11.1. The van der Waals surface area contributed by atoms with Gasteiger partial charge in [0.05, 0.1) is 19.3 Å². The Labute approximate surface area is 109 Å². The van der Waals surface area contributed by atoms with Crippen molar-refractivity contribution < 1.29 is 13.9 Å². The van der Waals surface area contributed by atoms with E-state index in [1.54, 1.807) is 18.2 Å². The Morgan fingerprint density at radius 2 is 2.26 bits per heavy atom. The van der Waals surface area contributed by atoms with Crippen molar-refractivity contribution in [3.05, 3.63) is 24.1 Å². The fraction of sp³-hybridized carbons (Fsp3) is 0.250. The summed E-state index contributed by atoms with van der Waals surface area (Å²) in [6, 6.07) is 5.18. The van der Waals surface area contributed by atoms with Crippen molar-refractivity contribution in [1.29, 1.82) is 0 Å². The minimum atomic E-state index is -0.191. The predicted octanol–water partition coefficient (Wildman–Crippen LogP) is 1.16. The fourth-order valence-electron chi connectivity index (χ4n) is 1.58. The third kappa shape index (κ3) is 2.89. The maximum Gasteiger partial charge on any atom is 0.247 e. The Morgan fingerprint density at radius 1 is 1.47 bits per heavy atom. The zero-order valence-corrected chi connectivity index (χ0v) is 10.6. The standard InChI is InChI=1S/C12H14N4O3/c1-7(17)14-9-5-8(3-4-10(9)18-2)12-16-15-11(6-13)19-12/h3-5H,6,13H2,1-2H3,(H,14,17). The van der Waals surface area contributed by atoms with Gasteiger partial charge in [0, 0.05) is 12.5 Å². The molecule has 0 spiro atoms. The monoisotopic (exact) mass is 262 g/mol. The summed E-state index contributed by atoms with van der Waals surface area (Å²) in [6.45, 7) is 1.60. The van der Waals surface area contributed by atoms with Gasteiger partial charge in [0.15, 0.2) is 0 Å². The van der Waals surface area contributed by atoms with Gasteiger partial charge in [-0.25, -0.2) is 0 Å². The van der Waals surface area contributed by atoms with Crippen LogP contribution in [0.2, 0.25) is 0 Å². The van der Waals surface area contributed by atoms with Gasteiger partial charge in [0.25, 0.3) is 0 Å². The Bertz CT molecular complexity index is 594. The van der Waals surface area contributed by atoms with Crippen LogP contribution in [-0.4, -0.2) is 23.2 Å². The summed E-state index contributed by atoms with van der Waals surface area (Å²) in [6.07, 6.45) is 0. The van der Waals surface area contributed by atoms with Crippen molar-refractivity contribution in [1.82, 2.24) is 10.2 Å². The summed E-state index contributed by atoms with van der Waals surface area (Å²) < 4.78 is 10.5. The van der Waals surface area contributed by atoms with Crippen LogP contribution in [0, 0.1) is 0 Å². The number of carbonyl (C=O) groups is 1. The number of rotatable bonds is 4. The highest BCUT2D eigenvalue weighted by Gasteiger charge is 2.11. The van der Waals surface area contributed by atoms with Crippen molar-refractivity contribution in [3.8, 4) is 17.2 Å². The predicted molar refractivity (Wildman–Crippen MR) is 68.5 cm³/mol. The van der Waals surface area contributed by atoms with Gasteiger partial charge in [0.2, 0.25) is 17.7 Å². The molecule has 0 aliphatic heterocycles. The summed E-state index contributed by atoms with van der Waals surface area (Å²) in [5.41, 5.74) is 6.63. The number of methoxy groups -OCH3 is 1. The molecule has 0 fully saturated rings. The van der Waals surface area contributed by atoms with Gasteiger partial charge in [0.1, 0.15) is 5.75 Å². The second-order valence-corrected chi connectivity index (χ2v) is 3.80. The van der Waals surface area contributed by atoms with Crippen LogP contribution in [0.1, 0.15) is 12.8 Å². The number of ether oxygens (including phenoxy) is 1. The normalized spacial score (nSPS) is 10.3. The maximum atomic E-state index is 11.1. The molecule has 0 bridgehead atoms. The lowest BCUT2D eigenvalue weighted by atomic mass is 10.2. The molecule has 0 saturated heterocycles. The molecule has 3 N–H and O–H groups in total. The van der Waals surface area contributed by atoms with E-state index in [9.17, 15) is 4.79 Å². The van der Waals surface area contributed by atoms with Crippen molar-refractivity contribution in [3.63, 3.8) is 0 Å². The molecule has 100 valence electrons. The van der Waals surface area contributed by atoms with Crippen molar-refractivity contribution in [2.24, 2.45) is 5.73 Å². The molecular formula is C12H14N4O3. The van der Waals surface area contributed by atoms with E-state index < -0.39 is 0 Å². The lowest BCUT2D eigenvalue weighted by Crippen LogP contribution is -2.07. The summed E-state index contributed by atoms with van der Waals surface area (Å²) in [5.74, 6) is 1.06. The van der Waals surface area contributed by atoms with Gasteiger partial charge in [-0.1, -0.05) is 0 Å². The Hall–Kier alpha value is -2.41. The number of nitrogens with two attached hydrogens (primary N) is 1. The average Bonchev–Trinajstić information content (AvgIpc) is 2.86. The van der Waals surface area contributed by atoms with Crippen LogP contribution < -0.4 is 15.8 Å². The van der Waals surface area contributed by atoms with Gasteiger partial charge in [-0.2, -0.15) is 0 Å². The van der Waals surface area contributed by atoms with Crippen molar-refractivity contribution >= 4 is 11.6 Å². The van der Waals surface area contributed by atoms with Crippen LogP contribution in [0.3, 0.4) is 0 Å². The van der Waals surface area contributed by atoms with E-state index in [4.69, 9.17) is 14.9 Å². The molecule has 0 unspecified atom stereocenters. The molecule has 1 aromatic carbocycles. The molecule has 0 aliphatic carbocycles. The fourth-order valence-corrected chi connectivity index (χ4v) is 1.58. The Morgan fingerprint density at radius 3 is 2.84 bits per heavy atom. The molecule has 0 radical (unpaired) electrons. The highest BCUT2D eigenvalue weighted by molar-refractivity contribution is 5.91. The third-order valence-corrected chi connectivity index (χ3v) is 2.40. The topological polar surface area (TPSA) is 103 Å². The molecular weight excluding hydrogens is 248 g/mol. The van der Waals surface area contributed by atoms with Gasteiger partial charge >= 0.3 is 0 Å². The number of hydrogen-bond donors (Lipinski definition) is 2. The quantitative estimate of drug-likeness (QED) is 0.857. The van der Waals surface area contributed by atoms with E-state index >= 15 is 0 Å². The molecule has 2 aromatic rings. The summed E-state index contributed by atoms with van der Waals surface area (Å²) in [5, 5.41) is 10.3. The average molecular weight is 262 g/mol. The zero-order chi connectivity index (χ0) is 13.8. The van der Waals surface area contributed by atoms with E-state index in [2.05, 4.69) is 15.5 Å². The first-order valence-corrected chi connectivity index (χ1v) is 5.62. The molecule has 0 aliphatic rings. The van der Waals surface area contributed by atoms with Crippen molar-refractivity contribution in [2.45, 2.75) is 13.5 Å². The molecule has 1 aromatic heterocycles. The number of amides is 1. The van der Waals surface area contributed by atoms with Gasteiger partial charge in [-0.3, -0.25) is 4.79 Å². The molecule has 19 heavy (non-hydrogen) atoms. The first kappa shape index (κ1) is 13.0. The third-order valence-electron chi connectivity index (χ3n) is 2.40. The maximum absolute atomic E-state index is 11.1. The SMILES string of the molecule is COc1ccc(-c2nnc(CN)o2)cc1NC(C)=O. The number of benzene rings is 1. The number of nitrogens with one attached hydrogen (secondary N) is 1. The van der Waals surface area contributed by atoms with Crippen molar-refractivity contribution in [2.75, 3.05) is 12.4 Å². The molecule has 0 atom stereocenters. The Balaban J connectivity index is 2.38. The number of nitrogens with zero attached hydrogens (tertiary/aromatic N) is 2. The van der Waals surface area contributed by atoms with E-state index in [-0.39, 0.29) is 12.5 Å². The van der Waals surface area contributed by atoms with E-state index in [0.717, 1.165) is 0 Å². The minimum absolute atomic E-state index is 0.182. The summed E-state index contributed by atoms with van der Waals surface area (Å²) in [7, 11) is 1.53. The van der Waals surface area contributed by atoms with E-state index in [1.807, 2.05) is 0 Å². The van der Waals surface area contributed by atoms with E-state index in [0.29, 0.717) is 28.8 Å². The number of aromatic nitrogens is 2. The lowest BCUT2D eigenvalue weighted by Gasteiger charge is -2.09. The van der Waals surface area contributed by atoms with Crippen LogP contribution in [0.4, 0.5) is 5.69 Å². The highest BCUT2D eigenvalue weighted by Crippen LogP contribution is 2.30. The van der Waals surface area contributed by atoms with Crippen LogP contribution in [0.15, 0.2) is 22.6 Å². The number of hydrogen-bond acceptors (Lipinski definition) is 6. The zero-order valence-electron chi connectivity index (χ0n) is 10.6. The molecule has 7 nitrogen and oxygen atoms in total. The van der Waals surface area contributed by atoms with Crippen LogP contribution in [-0.2, 0) is 11.3 Å². The van der Waals surface area contributed by atoms with Crippen LogP contribution >= 0.6 is 0 Å². The first-order valence-electron chi connectivity index (χ1n) is 5.62. The molecule has 1 heterocycles. The van der Waals surface area contributed by atoms with Crippen LogP contribution in [0.5, 0.6) is 5.75 Å². The molecule has 1 amide bonds. The Kier molecular flexibility index (Phi) is 3.76. The largest absolute Gasteiger partial charge is 0.495 e. The van der Waals surface area contributed by atoms with Gasteiger partial charge < -0.3 is 20.2 Å². The minimum Gasteiger partial charge on any atom is -0.495 e. The molecule has 2 rings (SSSR count). The lowest BCUT2D eigenvalue weighted by molar-refractivity contribution is -0.114. The molecule has 0 saturated carbocycles. The van der Waals surface area contributed by atoms with Gasteiger partial charge in [-0.15, -0.1) is 10.2 Å². The number of carbonyl (C=O) groups excluding carboxylic acids is 1. The number of anilines is 1. The second-order valence-electron chi connectivity index (χ2n) is 3.80. The first-order chi connectivity index (χ1) is 9.13. The summed E-state index contributed by atoms with van der Waals surface area (Å²) >= 11 is 0. The van der Waals surface area contributed by atoms with Crippen LogP contribution in [0.25, 0.3) is 11.5 Å². The smallest absolute Gasteiger partial charge is 0.247 e. The second kappa shape index (κ2) is 5.49. The van der Waals surface area contributed by atoms with E-state index in [1.165, 1.54) is 14.0 Å². The highest BCUT2D eigenvalue weighted by atomic mass is 16.5. The molecule has 7 heteroatoms.